The van der Waals surface area contributed by atoms with Gasteiger partial charge < -0.3 is 25.0 Å². The molecule has 180 valence electrons. The highest BCUT2D eigenvalue weighted by molar-refractivity contribution is 7.99. The average molecular weight is 506 g/mol. The summed E-state index contributed by atoms with van der Waals surface area (Å²) < 4.78 is 5.43. The lowest BCUT2D eigenvalue weighted by Gasteiger charge is -2.08. The zero-order valence-electron chi connectivity index (χ0n) is 19.4. The van der Waals surface area contributed by atoms with E-state index in [1.807, 2.05) is 84.7 Å². The molecular formula is C23H34Cl2N2O4S. The first-order valence-corrected chi connectivity index (χ1v) is 11.7. The summed E-state index contributed by atoms with van der Waals surface area (Å²) in [6.45, 7) is 12.5. The lowest BCUT2D eigenvalue weighted by Crippen LogP contribution is -2.30. The summed E-state index contributed by atoms with van der Waals surface area (Å²) in [5, 5.41) is 6.90. The van der Waals surface area contributed by atoms with Gasteiger partial charge in [0, 0.05) is 29.9 Å². The van der Waals surface area contributed by atoms with Crippen LogP contribution in [-0.4, -0.2) is 45.4 Å². The fourth-order valence-electron chi connectivity index (χ4n) is 1.84. The number of carbonyl (C=O) groups is 3. The van der Waals surface area contributed by atoms with Crippen LogP contribution in [0.2, 0.25) is 10.0 Å². The van der Waals surface area contributed by atoms with Gasteiger partial charge in [-0.1, -0.05) is 50.9 Å². The van der Waals surface area contributed by atoms with Gasteiger partial charge in [-0.15, -0.1) is 11.8 Å². The van der Waals surface area contributed by atoms with E-state index < -0.39 is 0 Å². The van der Waals surface area contributed by atoms with Crippen LogP contribution in [0.15, 0.2) is 47.4 Å². The number of halogens is 2. The molecule has 0 aromatic heterocycles. The molecule has 9 heteroatoms. The van der Waals surface area contributed by atoms with Crippen LogP contribution < -0.4 is 15.4 Å². The fraction of sp³-hybridized carbons (Fsp3) is 0.348. The lowest BCUT2D eigenvalue weighted by atomic mass is 10.3. The van der Waals surface area contributed by atoms with Crippen LogP contribution in [0.4, 0.5) is 5.69 Å². The molecule has 0 heterocycles. The highest BCUT2D eigenvalue weighted by atomic mass is 35.5. The summed E-state index contributed by atoms with van der Waals surface area (Å²) in [7, 11) is 1.85. The van der Waals surface area contributed by atoms with Crippen molar-refractivity contribution in [2.75, 3.05) is 31.3 Å². The van der Waals surface area contributed by atoms with Crippen LogP contribution in [-0.2, 0) is 14.4 Å². The molecule has 2 aromatic rings. The first kappa shape index (κ1) is 34.4. The molecule has 0 aliphatic rings. The van der Waals surface area contributed by atoms with E-state index in [9.17, 15) is 4.79 Å². The van der Waals surface area contributed by atoms with E-state index in [1.165, 1.54) is 0 Å². The van der Waals surface area contributed by atoms with Crippen molar-refractivity contribution in [3.63, 3.8) is 0 Å². The minimum atomic E-state index is -0.151. The van der Waals surface area contributed by atoms with E-state index in [0.29, 0.717) is 22.3 Å². The van der Waals surface area contributed by atoms with Crippen LogP contribution in [0.3, 0.4) is 0 Å². The maximum Gasteiger partial charge on any atom is 0.257 e. The number of hydrogen-bond acceptors (Lipinski definition) is 6. The molecule has 0 radical (unpaired) electrons. The van der Waals surface area contributed by atoms with Crippen molar-refractivity contribution in [1.29, 1.82) is 0 Å². The topological polar surface area (TPSA) is 84.5 Å². The van der Waals surface area contributed by atoms with Crippen molar-refractivity contribution in [3.05, 3.63) is 52.5 Å². The Morgan fingerprint density at radius 2 is 1.50 bits per heavy atom. The Morgan fingerprint density at radius 1 is 0.938 bits per heavy atom. The van der Waals surface area contributed by atoms with Crippen LogP contribution >= 0.6 is 35.0 Å². The van der Waals surface area contributed by atoms with E-state index in [4.69, 9.17) is 37.5 Å². The lowest BCUT2D eigenvalue weighted by molar-refractivity contribution is -0.123. The summed E-state index contributed by atoms with van der Waals surface area (Å²) in [5.41, 5.74) is 0.992. The van der Waals surface area contributed by atoms with Crippen LogP contribution in [0.5, 0.6) is 5.75 Å². The van der Waals surface area contributed by atoms with E-state index in [1.54, 1.807) is 17.8 Å². The number of nitrogens with one attached hydrogen (secondary N) is 2. The van der Waals surface area contributed by atoms with Gasteiger partial charge in [0.2, 0.25) is 0 Å². The van der Waals surface area contributed by atoms with Crippen molar-refractivity contribution < 1.29 is 19.1 Å². The van der Waals surface area contributed by atoms with Crippen molar-refractivity contribution in [2.24, 2.45) is 0 Å². The van der Waals surface area contributed by atoms with Gasteiger partial charge in [0.1, 0.15) is 19.3 Å². The third kappa shape index (κ3) is 16.5. The molecule has 0 atom stereocenters. The zero-order valence-corrected chi connectivity index (χ0v) is 21.7. The molecule has 0 aliphatic heterocycles. The van der Waals surface area contributed by atoms with E-state index in [0.717, 1.165) is 16.3 Å². The molecule has 0 bridgehead atoms. The van der Waals surface area contributed by atoms with Gasteiger partial charge >= 0.3 is 0 Å². The second-order valence-electron chi connectivity index (χ2n) is 4.84. The van der Waals surface area contributed by atoms with Crippen molar-refractivity contribution >= 4 is 60.1 Å². The summed E-state index contributed by atoms with van der Waals surface area (Å²) >= 11 is 13.4. The van der Waals surface area contributed by atoms with Gasteiger partial charge in [0.05, 0.1) is 10.0 Å². The maximum absolute atomic E-state index is 11.8. The maximum atomic E-state index is 11.8. The van der Waals surface area contributed by atoms with Crippen molar-refractivity contribution in [3.8, 4) is 5.75 Å². The molecule has 0 spiro atoms. The highest BCUT2D eigenvalue weighted by Gasteiger charge is 2.04. The van der Waals surface area contributed by atoms with Gasteiger partial charge in [0.15, 0.2) is 6.61 Å². The molecule has 6 nitrogen and oxygen atoms in total. The molecule has 2 aromatic carbocycles. The predicted octanol–water partition coefficient (Wildman–Crippen LogP) is 6.01. The quantitative estimate of drug-likeness (QED) is 0.338. The number of amides is 1. The number of thioether (sulfide) groups is 1. The molecule has 0 saturated heterocycles. The molecule has 0 saturated carbocycles. The van der Waals surface area contributed by atoms with Gasteiger partial charge in [0.25, 0.3) is 5.91 Å². The minimum absolute atomic E-state index is 0.00363. The number of benzene rings is 2. The SMILES string of the molecule is C=O.C=O.CC.CC.CNc1ccc(OCC(=O)NCCSc2ccc(Cl)c(Cl)c2)cc1. The molecule has 0 aliphatic carbocycles. The Morgan fingerprint density at radius 3 is 2.00 bits per heavy atom. The van der Waals surface area contributed by atoms with E-state index in [2.05, 4.69) is 10.6 Å². The van der Waals surface area contributed by atoms with Crippen LogP contribution in [0.25, 0.3) is 0 Å². The van der Waals surface area contributed by atoms with Crippen molar-refractivity contribution in [2.45, 2.75) is 32.6 Å². The number of ether oxygens (including phenoxy) is 1. The number of rotatable bonds is 8. The predicted molar refractivity (Wildman–Crippen MR) is 139 cm³/mol. The molecule has 0 fully saturated rings. The number of anilines is 1. The Balaban J connectivity index is -0.000000945. The second-order valence-corrected chi connectivity index (χ2v) is 6.82. The van der Waals surface area contributed by atoms with Gasteiger partial charge in [-0.25, -0.2) is 0 Å². The first-order chi connectivity index (χ1) is 15.6. The highest BCUT2D eigenvalue weighted by Crippen LogP contribution is 2.27. The van der Waals surface area contributed by atoms with Crippen molar-refractivity contribution in [1.82, 2.24) is 5.32 Å². The molecule has 0 unspecified atom stereocenters. The Labute approximate surface area is 206 Å². The van der Waals surface area contributed by atoms with Gasteiger partial charge in [-0.3, -0.25) is 4.79 Å². The fourth-order valence-corrected chi connectivity index (χ4v) is 3.01. The first-order valence-electron chi connectivity index (χ1n) is 9.91. The number of carbonyl (C=O) groups excluding carboxylic acids is 3. The zero-order chi connectivity index (χ0) is 25.4. The van der Waals surface area contributed by atoms with Crippen LogP contribution in [0, 0.1) is 0 Å². The summed E-state index contributed by atoms with van der Waals surface area (Å²) in [4.78, 5) is 28.8. The average Bonchev–Trinajstić information content (AvgIpc) is 2.88. The smallest absolute Gasteiger partial charge is 0.257 e. The largest absolute Gasteiger partial charge is 0.484 e. The second kappa shape index (κ2) is 25.0. The third-order valence-electron chi connectivity index (χ3n) is 3.10. The normalized spacial score (nSPS) is 8.34. The molecule has 2 N–H and O–H groups in total. The summed E-state index contributed by atoms with van der Waals surface area (Å²) in [5.74, 6) is 1.25. The summed E-state index contributed by atoms with van der Waals surface area (Å²) in [6.07, 6.45) is 0. The van der Waals surface area contributed by atoms with E-state index in [-0.39, 0.29) is 12.5 Å². The molecule has 1 amide bonds. The third-order valence-corrected chi connectivity index (χ3v) is 4.83. The summed E-state index contributed by atoms with van der Waals surface area (Å²) in [6, 6.07) is 12.9. The molecule has 2 rings (SSSR count). The van der Waals surface area contributed by atoms with Crippen LogP contribution in [0.1, 0.15) is 27.7 Å². The number of hydrogen-bond donors (Lipinski definition) is 2. The molecule has 32 heavy (non-hydrogen) atoms. The Bertz CT molecular complexity index is 718. The Hall–Kier alpha value is -2.22. The standard InChI is InChI=1S/C17H18Cl2N2O2S.2C2H6.2CH2O/c1-20-12-2-4-13(5-3-12)23-11-17(22)21-8-9-24-14-6-7-15(18)16(19)10-14;4*1-2/h2-7,10,20H,8-9,11H2,1H3,(H,21,22);2*1-2H3;2*1H2. The van der Waals surface area contributed by atoms with Gasteiger partial charge in [-0.2, -0.15) is 0 Å². The van der Waals surface area contributed by atoms with Gasteiger partial charge in [-0.05, 0) is 42.5 Å². The Kier molecular flexibility index (Phi) is 26.9. The monoisotopic (exact) mass is 504 g/mol. The minimum Gasteiger partial charge on any atom is -0.484 e. The van der Waals surface area contributed by atoms with E-state index >= 15 is 0 Å². The molecular weight excluding hydrogens is 471 g/mol.